The van der Waals surface area contributed by atoms with E-state index in [0.717, 1.165) is 12.8 Å². The molecule has 0 saturated carbocycles. The molecule has 1 fully saturated rings. The third-order valence-corrected chi connectivity index (χ3v) is 3.60. The molecule has 1 saturated heterocycles. The summed E-state index contributed by atoms with van der Waals surface area (Å²) in [5, 5.41) is 2.22. The van der Waals surface area contributed by atoms with Crippen molar-refractivity contribution in [3.05, 3.63) is 30.1 Å². The molecule has 0 radical (unpaired) electrons. The minimum absolute atomic E-state index is 0.246. The van der Waals surface area contributed by atoms with Gasteiger partial charge in [0.15, 0.2) is 0 Å². The number of methoxy groups -OCH3 is 1. The molecule has 1 N–H and O–H groups in total. The molecular weight excluding hydrogens is 305 g/mol. The predicted molar refractivity (Wildman–Crippen MR) is 80.2 cm³/mol. The maximum atomic E-state index is 12.9. The first-order chi connectivity index (χ1) is 11.0. The van der Waals surface area contributed by atoms with Crippen LogP contribution in [0.25, 0.3) is 0 Å². The number of esters is 1. The van der Waals surface area contributed by atoms with Crippen LogP contribution in [-0.2, 0) is 19.1 Å². The van der Waals surface area contributed by atoms with E-state index in [1.807, 2.05) is 0 Å². The summed E-state index contributed by atoms with van der Waals surface area (Å²) in [6.45, 7) is 1.96. The quantitative estimate of drug-likeness (QED) is 0.614. The molecule has 7 nitrogen and oxygen atoms in total. The molecule has 0 aliphatic carbocycles. The number of halogens is 1. The van der Waals surface area contributed by atoms with Crippen LogP contribution in [0.5, 0.6) is 0 Å². The Morgan fingerprint density at radius 2 is 1.74 bits per heavy atom. The normalized spacial score (nSPS) is 14.3. The Morgan fingerprint density at radius 1 is 1.13 bits per heavy atom. The third kappa shape index (κ3) is 4.41. The van der Waals surface area contributed by atoms with Gasteiger partial charge in [-0.25, -0.2) is 9.18 Å². The number of nitrogens with one attached hydrogen (secondary N) is 1. The van der Waals surface area contributed by atoms with Crippen molar-refractivity contribution in [2.24, 2.45) is 0 Å². The molecule has 1 aliphatic rings. The molecule has 0 spiro atoms. The van der Waals surface area contributed by atoms with Crippen molar-refractivity contribution < 1.29 is 23.5 Å². The van der Waals surface area contributed by atoms with Crippen LogP contribution in [0.15, 0.2) is 24.3 Å². The molecule has 8 heteroatoms. The van der Waals surface area contributed by atoms with Gasteiger partial charge in [0.05, 0.1) is 13.7 Å². The highest BCUT2D eigenvalue weighted by molar-refractivity contribution is 6.32. The van der Waals surface area contributed by atoms with Gasteiger partial charge in [-0.3, -0.25) is 9.59 Å². The van der Waals surface area contributed by atoms with Gasteiger partial charge >= 0.3 is 11.9 Å². The Balaban J connectivity index is 1.79. The summed E-state index contributed by atoms with van der Waals surface area (Å²) in [5.41, 5.74) is 0.900. The number of piperazine rings is 1. The summed E-state index contributed by atoms with van der Waals surface area (Å²) < 4.78 is 17.2. The van der Waals surface area contributed by atoms with Crippen LogP contribution in [-0.4, -0.2) is 62.5 Å². The van der Waals surface area contributed by atoms with Gasteiger partial charge in [-0.05, 0) is 24.3 Å². The van der Waals surface area contributed by atoms with Gasteiger partial charge in [-0.1, -0.05) is 0 Å². The molecule has 1 heterocycles. The van der Waals surface area contributed by atoms with E-state index >= 15 is 0 Å². The summed E-state index contributed by atoms with van der Waals surface area (Å²) in [6.07, 6.45) is 0. The van der Waals surface area contributed by atoms with E-state index in [1.54, 1.807) is 17.0 Å². The fourth-order valence-corrected chi connectivity index (χ4v) is 2.30. The number of amides is 2. The lowest BCUT2D eigenvalue weighted by molar-refractivity contribution is -0.153. The number of hydrogen-bond acceptors (Lipinski definition) is 5. The van der Waals surface area contributed by atoms with Gasteiger partial charge in [0.25, 0.3) is 0 Å². The summed E-state index contributed by atoms with van der Waals surface area (Å²) in [5.74, 6) is -2.52. The van der Waals surface area contributed by atoms with Crippen molar-refractivity contribution in [2.45, 2.75) is 0 Å². The van der Waals surface area contributed by atoms with E-state index in [9.17, 15) is 18.8 Å². The Morgan fingerprint density at radius 3 is 2.30 bits per heavy atom. The third-order valence-electron chi connectivity index (χ3n) is 3.60. The van der Waals surface area contributed by atoms with Crippen LogP contribution in [0.2, 0.25) is 0 Å². The zero-order valence-electron chi connectivity index (χ0n) is 12.8. The molecule has 0 bridgehead atoms. The van der Waals surface area contributed by atoms with Crippen molar-refractivity contribution in [1.29, 1.82) is 0 Å². The molecule has 0 aromatic heterocycles. The Kier molecular flexibility index (Phi) is 5.51. The average Bonchev–Trinajstić information content (AvgIpc) is 2.59. The Bertz CT molecular complexity index is 583. The fraction of sp³-hybridized carbons (Fsp3) is 0.400. The van der Waals surface area contributed by atoms with Crippen LogP contribution >= 0.6 is 0 Å². The number of carbonyl (C=O) groups is 3. The molecule has 2 rings (SSSR count). The van der Waals surface area contributed by atoms with Gasteiger partial charge in [-0.2, -0.15) is 0 Å². The SMILES string of the molecule is COC(=O)C(=O)NCC(=O)N1CCN(c2ccc(F)cc2)CC1. The minimum atomic E-state index is -1.03. The molecule has 1 aromatic rings. The van der Waals surface area contributed by atoms with Crippen LogP contribution in [0.3, 0.4) is 0 Å². The van der Waals surface area contributed by atoms with Crippen molar-refractivity contribution >= 4 is 23.5 Å². The second-order valence-electron chi connectivity index (χ2n) is 5.02. The average molecular weight is 323 g/mol. The molecule has 1 aromatic carbocycles. The largest absolute Gasteiger partial charge is 0.462 e. The number of carbonyl (C=O) groups excluding carboxylic acids is 3. The van der Waals surface area contributed by atoms with Crippen LogP contribution in [0, 0.1) is 5.82 Å². The van der Waals surface area contributed by atoms with Crippen LogP contribution < -0.4 is 10.2 Å². The van der Waals surface area contributed by atoms with Gasteiger partial charge in [-0.15, -0.1) is 0 Å². The zero-order valence-corrected chi connectivity index (χ0v) is 12.8. The van der Waals surface area contributed by atoms with E-state index in [2.05, 4.69) is 15.0 Å². The van der Waals surface area contributed by atoms with E-state index in [1.165, 1.54) is 12.1 Å². The van der Waals surface area contributed by atoms with Crippen molar-refractivity contribution in [2.75, 3.05) is 44.7 Å². The Labute approximate surface area is 133 Å². The molecule has 23 heavy (non-hydrogen) atoms. The number of anilines is 1. The molecule has 0 atom stereocenters. The standard InChI is InChI=1S/C15H18FN3O4/c1-23-15(22)14(21)17-10-13(20)19-8-6-18(7-9-19)12-4-2-11(16)3-5-12/h2-5H,6-10H2,1H3,(H,17,21). The first-order valence-electron chi connectivity index (χ1n) is 7.15. The van der Waals surface area contributed by atoms with Crippen LogP contribution in [0.1, 0.15) is 0 Å². The number of benzene rings is 1. The maximum absolute atomic E-state index is 12.9. The summed E-state index contributed by atoms with van der Waals surface area (Å²) >= 11 is 0. The molecule has 0 unspecified atom stereocenters. The lowest BCUT2D eigenvalue weighted by atomic mass is 10.2. The van der Waals surface area contributed by atoms with Crippen LogP contribution in [0.4, 0.5) is 10.1 Å². The summed E-state index contributed by atoms with van der Waals surface area (Å²) in [7, 11) is 1.10. The second kappa shape index (κ2) is 7.57. The van der Waals surface area contributed by atoms with E-state index in [-0.39, 0.29) is 18.3 Å². The monoisotopic (exact) mass is 323 g/mol. The number of ether oxygens (including phenoxy) is 1. The predicted octanol–water partition coefficient (Wildman–Crippen LogP) is -0.236. The van der Waals surface area contributed by atoms with Crippen molar-refractivity contribution in [3.8, 4) is 0 Å². The molecule has 2 amide bonds. The summed E-state index contributed by atoms with van der Waals surface area (Å²) in [4.78, 5) is 37.8. The topological polar surface area (TPSA) is 78.9 Å². The first-order valence-corrected chi connectivity index (χ1v) is 7.15. The number of rotatable bonds is 3. The maximum Gasteiger partial charge on any atom is 0.396 e. The highest BCUT2D eigenvalue weighted by atomic mass is 19.1. The van der Waals surface area contributed by atoms with Gasteiger partial charge < -0.3 is 19.9 Å². The smallest absolute Gasteiger partial charge is 0.396 e. The van der Waals surface area contributed by atoms with Gasteiger partial charge in [0, 0.05) is 31.9 Å². The zero-order chi connectivity index (χ0) is 16.8. The highest BCUT2D eigenvalue weighted by Crippen LogP contribution is 2.16. The minimum Gasteiger partial charge on any atom is -0.462 e. The van der Waals surface area contributed by atoms with E-state index < -0.39 is 11.9 Å². The molecule has 124 valence electrons. The first kappa shape index (κ1) is 16.7. The summed E-state index contributed by atoms with van der Waals surface area (Å²) in [6, 6.07) is 6.19. The van der Waals surface area contributed by atoms with Crippen molar-refractivity contribution in [1.82, 2.24) is 10.2 Å². The number of hydrogen-bond donors (Lipinski definition) is 1. The lowest BCUT2D eigenvalue weighted by Crippen LogP contribution is -2.51. The Hall–Kier alpha value is -2.64. The highest BCUT2D eigenvalue weighted by Gasteiger charge is 2.22. The molecular formula is C15H18FN3O4. The van der Waals surface area contributed by atoms with E-state index in [0.29, 0.717) is 26.2 Å². The molecule has 1 aliphatic heterocycles. The van der Waals surface area contributed by atoms with Gasteiger partial charge in [0.2, 0.25) is 5.91 Å². The van der Waals surface area contributed by atoms with E-state index in [4.69, 9.17) is 0 Å². The lowest BCUT2D eigenvalue weighted by Gasteiger charge is -2.36. The number of nitrogens with zero attached hydrogens (tertiary/aromatic N) is 2. The fourth-order valence-electron chi connectivity index (χ4n) is 2.30. The second-order valence-corrected chi connectivity index (χ2v) is 5.02. The van der Waals surface area contributed by atoms with Crippen molar-refractivity contribution in [3.63, 3.8) is 0 Å². The van der Waals surface area contributed by atoms with Gasteiger partial charge in [0.1, 0.15) is 5.82 Å².